The molecule has 31 heavy (non-hydrogen) atoms. The molecule has 2 aromatic rings. The molecule has 2 amide bonds. The van der Waals surface area contributed by atoms with E-state index in [9.17, 15) is 14.4 Å². The van der Waals surface area contributed by atoms with Gasteiger partial charge < -0.3 is 19.9 Å². The molecule has 0 spiro atoms. The number of methoxy groups -OCH3 is 1. The van der Waals surface area contributed by atoms with E-state index in [4.69, 9.17) is 4.74 Å². The Balaban J connectivity index is 1.88. The predicted octanol–water partition coefficient (Wildman–Crippen LogP) is 4.04. The third kappa shape index (κ3) is 4.65. The summed E-state index contributed by atoms with van der Waals surface area (Å²) in [5.74, 6) is -0.0704. The van der Waals surface area contributed by atoms with Crippen LogP contribution in [0.2, 0.25) is 0 Å². The van der Waals surface area contributed by atoms with Gasteiger partial charge in [-0.25, -0.2) is 4.79 Å². The summed E-state index contributed by atoms with van der Waals surface area (Å²) in [6.07, 6.45) is 1.66. The number of H-pyrrole nitrogens is 1. The first-order valence-electron chi connectivity index (χ1n) is 10.8. The summed E-state index contributed by atoms with van der Waals surface area (Å²) in [7, 11) is 1.32. The first-order chi connectivity index (χ1) is 14.8. The Labute approximate surface area is 183 Å². The van der Waals surface area contributed by atoms with Crippen LogP contribution in [0, 0.1) is 18.8 Å². The SMILES string of the molecule is CCc1[nH]c(C(=O)Nc2ccccc2C(=O)N2CC(C)CC(C)C2)c(C)c1C(=O)OC. The normalized spacial score (nSPS) is 18.5. The molecule has 0 aliphatic carbocycles. The summed E-state index contributed by atoms with van der Waals surface area (Å²) < 4.78 is 4.87. The Morgan fingerprint density at radius 3 is 2.42 bits per heavy atom. The van der Waals surface area contributed by atoms with Crippen LogP contribution >= 0.6 is 0 Å². The summed E-state index contributed by atoms with van der Waals surface area (Å²) in [6.45, 7) is 9.34. The second-order valence-corrected chi connectivity index (χ2v) is 8.48. The minimum absolute atomic E-state index is 0.0815. The van der Waals surface area contributed by atoms with Crippen LogP contribution in [0.25, 0.3) is 0 Å². The second-order valence-electron chi connectivity index (χ2n) is 8.48. The molecule has 3 rings (SSSR count). The van der Waals surface area contributed by atoms with Crippen molar-refractivity contribution in [3.63, 3.8) is 0 Å². The molecule has 1 aromatic heterocycles. The van der Waals surface area contributed by atoms with E-state index in [0.717, 1.165) is 6.42 Å². The smallest absolute Gasteiger partial charge is 0.339 e. The van der Waals surface area contributed by atoms with Crippen molar-refractivity contribution in [1.82, 2.24) is 9.88 Å². The summed E-state index contributed by atoms with van der Waals surface area (Å²) in [4.78, 5) is 43.4. The van der Waals surface area contributed by atoms with Crippen LogP contribution in [-0.2, 0) is 11.2 Å². The maximum atomic E-state index is 13.2. The van der Waals surface area contributed by atoms with Gasteiger partial charge in [0.15, 0.2) is 0 Å². The quantitative estimate of drug-likeness (QED) is 0.707. The summed E-state index contributed by atoms with van der Waals surface area (Å²) in [5, 5.41) is 2.86. The van der Waals surface area contributed by atoms with Gasteiger partial charge >= 0.3 is 5.97 Å². The van der Waals surface area contributed by atoms with Crippen LogP contribution in [0.4, 0.5) is 5.69 Å². The molecular formula is C24H31N3O4. The van der Waals surface area contributed by atoms with Crippen molar-refractivity contribution in [2.24, 2.45) is 11.8 Å². The molecule has 1 aliphatic heterocycles. The van der Waals surface area contributed by atoms with Crippen molar-refractivity contribution in [2.45, 2.75) is 40.5 Å². The van der Waals surface area contributed by atoms with E-state index in [1.807, 2.05) is 11.8 Å². The molecule has 0 radical (unpaired) electrons. The lowest BCUT2D eigenvalue weighted by Gasteiger charge is -2.35. The second kappa shape index (κ2) is 9.37. The number of piperidine rings is 1. The lowest BCUT2D eigenvalue weighted by Crippen LogP contribution is -2.42. The van der Waals surface area contributed by atoms with Gasteiger partial charge in [0, 0.05) is 18.8 Å². The number of hydrogen-bond acceptors (Lipinski definition) is 4. The fourth-order valence-corrected chi connectivity index (χ4v) is 4.49. The average Bonchev–Trinajstić information content (AvgIpc) is 3.08. The number of benzene rings is 1. The van der Waals surface area contributed by atoms with Crippen LogP contribution in [0.3, 0.4) is 0 Å². The van der Waals surface area contributed by atoms with E-state index >= 15 is 0 Å². The number of esters is 1. The maximum Gasteiger partial charge on any atom is 0.339 e. The number of carbonyl (C=O) groups excluding carboxylic acids is 3. The number of amides is 2. The molecule has 1 aromatic carbocycles. The largest absolute Gasteiger partial charge is 0.465 e. The topological polar surface area (TPSA) is 91.5 Å². The van der Waals surface area contributed by atoms with Crippen molar-refractivity contribution >= 4 is 23.5 Å². The van der Waals surface area contributed by atoms with Crippen molar-refractivity contribution in [2.75, 3.05) is 25.5 Å². The Morgan fingerprint density at radius 1 is 1.16 bits per heavy atom. The van der Waals surface area contributed by atoms with E-state index in [2.05, 4.69) is 24.1 Å². The molecule has 7 heteroatoms. The van der Waals surface area contributed by atoms with E-state index < -0.39 is 11.9 Å². The molecule has 2 atom stereocenters. The number of carbonyl (C=O) groups is 3. The number of ether oxygens (including phenoxy) is 1. The van der Waals surface area contributed by atoms with Gasteiger partial charge in [-0.05, 0) is 49.3 Å². The molecule has 1 saturated heterocycles. The highest BCUT2D eigenvalue weighted by Gasteiger charge is 2.28. The first kappa shape index (κ1) is 22.6. The standard InChI is InChI=1S/C24H31N3O4/c1-6-18-20(24(30)31-5)16(4)21(25-18)22(28)26-19-10-8-7-9-17(19)23(29)27-12-14(2)11-15(3)13-27/h7-10,14-15,25H,6,11-13H2,1-5H3,(H,26,28). The number of aromatic amines is 1. The molecule has 2 N–H and O–H groups in total. The minimum Gasteiger partial charge on any atom is -0.465 e. The molecule has 7 nitrogen and oxygen atoms in total. The van der Waals surface area contributed by atoms with Crippen molar-refractivity contribution < 1.29 is 19.1 Å². The highest BCUT2D eigenvalue weighted by atomic mass is 16.5. The van der Waals surface area contributed by atoms with E-state index in [0.29, 0.717) is 65.1 Å². The van der Waals surface area contributed by atoms with Crippen LogP contribution < -0.4 is 5.32 Å². The van der Waals surface area contributed by atoms with E-state index in [-0.39, 0.29) is 5.91 Å². The van der Waals surface area contributed by atoms with Gasteiger partial charge in [-0.3, -0.25) is 9.59 Å². The van der Waals surface area contributed by atoms with Gasteiger partial charge in [0.1, 0.15) is 5.69 Å². The number of para-hydroxylation sites is 1. The highest BCUT2D eigenvalue weighted by Crippen LogP contribution is 2.26. The zero-order valence-corrected chi connectivity index (χ0v) is 18.9. The summed E-state index contributed by atoms with van der Waals surface area (Å²) in [5.41, 5.74) is 2.77. The molecule has 2 heterocycles. The van der Waals surface area contributed by atoms with Gasteiger partial charge in [-0.15, -0.1) is 0 Å². The van der Waals surface area contributed by atoms with Crippen LogP contribution in [0.15, 0.2) is 24.3 Å². The third-order valence-corrected chi connectivity index (χ3v) is 5.86. The number of hydrogen-bond donors (Lipinski definition) is 2. The van der Waals surface area contributed by atoms with Gasteiger partial charge in [0.25, 0.3) is 11.8 Å². The van der Waals surface area contributed by atoms with Crippen LogP contribution in [-0.4, -0.2) is 47.9 Å². The molecule has 1 fully saturated rings. The number of anilines is 1. The fourth-order valence-electron chi connectivity index (χ4n) is 4.49. The lowest BCUT2D eigenvalue weighted by molar-refractivity contribution is 0.0597. The van der Waals surface area contributed by atoms with Gasteiger partial charge in [0.2, 0.25) is 0 Å². The van der Waals surface area contributed by atoms with Crippen LogP contribution in [0.5, 0.6) is 0 Å². The minimum atomic E-state index is -0.478. The number of aromatic nitrogens is 1. The Bertz CT molecular complexity index is 985. The van der Waals surface area contributed by atoms with E-state index in [1.54, 1.807) is 31.2 Å². The first-order valence-corrected chi connectivity index (χ1v) is 10.8. The lowest BCUT2D eigenvalue weighted by atomic mass is 9.91. The number of nitrogens with one attached hydrogen (secondary N) is 2. The molecule has 0 bridgehead atoms. The Hall–Kier alpha value is -3.09. The van der Waals surface area contributed by atoms with Crippen molar-refractivity contribution in [3.05, 3.63) is 52.3 Å². The fraction of sp³-hybridized carbons (Fsp3) is 0.458. The molecule has 2 unspecified atom stereocenters. The van der Waals surface area contributed by atoms with Gasteiger partial charge in [-0.2, -0.15) is 0 Å². The van der Waals surface area contributed by atoms with Crippen LogP contribution in [0.1, 0.15) is 69.7 Å². The van der Waals surface area contributed by atoms with Gasteiger partial charge in [-0.1, -0.05) is 32.9 Å². The molecular weight excluding hydrogens is 394 g/mol. The molecule has 1 aliphatic rings. The summed E-state index contributed by atoms with van der Waals surface area (Å²) >= 11 is 0. The molecule has 0 saturated carbocycles. The maximum absolute atomic E-state index is 13.2. The Kier molecular flexibility index (Phi) is 6.83. The number of aryl methyl sites for hydroxylation is 1. The average molecular weight is 426 g/mol. The number of nitrogens with zero attached hydrogens (tertiary/aromatic N) is 1. The third-order valence-electron chi connectivity index (χ3n) is 5.86. The van der Waals surface area contributed by atoms with Crippen molar-refractivity contribution in [3.8, 4) is 0 Å². The Morgan fingerprint density at radius 2 is 1.81 bits per heavy atom. The highest BCUT2D eigenvalue weighted by molar-refractivity contribution is 6.10. The van der Waals surface area contributed by atoms with E-state index in [1.165, 1.54) is 7.11 Å². The van der Waals surface area contributed by atoms with Gasteiger partial charge in [0.05, 0.1) is 23.9 Å². The molecule has 166 valence electrons. The zero-order valence-electron chi connectivity index (χ0n) is 18.9. The number of rotatable bonds is 5. The number of likely N-dealkylation sites (tertiary alicyclic amines) is 1. The van der Waals surface area contributed by atoms with Crippen molar-refractivity contribution in [1.29, 1.82) is 0 Å². The summed E-state index contributed by atoms with van der Waals surface area (Å²) in [6, 6.07) is 7.04. The monoisotopic (exact) mass is 425 g/mol. The predicted molar refractivity (Wildman–Crippen MR) is 119 cm³/mol. The zero-order chi connectivity index (χ0) is 22.7.